The summed E-state index contributed by atoms with van der Waals surface area (Å²) in [7, 11) is 8.22. The fraction of sp³-hybridized carbons (Fsp3) is 0.933. The van der Waals surface area contributed by atoms with Gasteiger partial charge in [-0.25, -0.2) is 0 Å². The van der Waals surface area contributed by atoms with Gasteiger partial charge in [0.05, 0.1) is 13.7 Å². The van der Waals surface area contributed by atoms with Gasteiger partial charge in [0.25, 0.3) is 0 Å². The highest BCUT2D eigenvalue weighted by molar-refractivity contribution is 6.11. The van der Waals surface area contributed by atoms with Gasteiger partial charge in [0, 0.05) is 25.6 Å². The van der Waals surface area contributed by atoms with E-state index in [0.717, 1.165) is 12.3 Å². The number of amidine groups is 1. The molecule has 18 heavy (non-hydrogen) atoms. The normalized spacial score (nSPS) is 36.3. The highest BCUT2D eigenvalue weighted by atomic mass is 15.3. The molecular formula is C15H27BN2. The van der Waals surface area contributed by atoms with Crippen LogP contribution >= 0.6 is 0 Å². The van der Waals surface area contributed by atoms with Crippen LogP contribution in [0.4, 0.5) is 0 Å². The Morgan fingerprint density at radius 2 is 1.94 bits per heavy atom. The van der Waals surface area contributed by atoms with Crippen LogP contribution in [0.1, 0.15) is 58.8 Å². The SMILES string of the molecule is [B]C1CCCCCC2C(CC(=NC)N2C(C)C)C1. The molecule has 1 heterocycles. The Balaban J connectivity index is 2.17. The highest BCUT2D eigenvalue weighted by Gasteiger charge is 2.39. The van der Waals surface area contributed by atoms with Crippen LogP contribution in [-0.2, 0) is 0 Å². The first-order chi connectivity index (χ1) is 8.63. The zero-order valence-electron chi connectivity index (χ0n) is 12.2. The minimum atomic E-state index is 0.404. The smallest absolute Gasteiger partial charge is 0.0993 e. The standard InChI is InChI=1S/C15H27BN2/c1-11(2)18-14-8-6-4-5-7-13(16)9-12(14)10-15(18)17-3/h11-14H,4-10H2,1-3H3. The van der Waals surface area contributed by atoms with Gasteiger partial charge in [-0.15, -0.1) is 0 Å². The van der Waals surface area contributed by atoms with Crippen LogP contribution in [0.5, 0.6) is 0 Å². The second-order valence-electron chi connectivity index (χ2n) is 6.31. The summed E-state index contributed by atoms with van der Waals surface area (Å²) in [6, 6.07) is 1.25. The molecule has 100 valence electrons. The number of hydrogen-bond donors (Lipinski definition) is 0. The molecule has 1 aliphatic heterocycles. The molecule has 1 aliphatic carbocycles. The summed E-state index contributed by atoms with van der Waals surface area (Å²) in [5, 5.41) is 0. The largest absolute Gasteiger partial charge is 0.355 e. The summed E-state index contributed by atoms with van der Waals surface area (Å²) in [6.07, 6.45) is 8.89. The number of likely N-dealkylation sites (tertiary alicyclic amines) is 1. The van der Waals surface area contributed by atoms with E-state index in [4.69, 9.17) is 7.85 Å². The minimum absolute atomic E-state index is 0.404. The lowest BCUT2D eigenvalue weighted by atomic mass is 9.75. The zero-order valence-corrected chi connectivity index (χ0v) is 12.2. The first-order valence-corrected chi connectivity index (χ1v) is 7.63. The van der Waals surface area contributed by atoms with Crippen molar-refractivity contribution in [2.45, 2.75) is 76.7 Å². The fourth-order valence-electron chi connectivity index (χ4n) is 3.84. The van der Waals surface area contributed by atoms with E-state index in [9.17, 15) is 0 Å². The lowest BCUT2D eigenvalue weighted by Gasteiger charge is -2.33. The molecule has 0 N–H and O–H groups in total. The van der Waals surface area contributed by atoms with Crippen LogP contribution in [0.2, 0.25) is 5.82 Å². The highest BCUT2D eigenvalue weighted by Crippen LogP contribution is 2.38. The molecule has 0 bridgehead atoms. The molecule has 0 amide bonds. The lowest BCUT2D eigenvalue weighted by Crippen LogP contribution is -2.40. The van der Waals surface area contributed by atoms with Gasteiger partial charge in [-0.2, -0.15) is 0 Å². The number of rotatable bonds is 1. The quantitative estimate of drug-likeness (QED) is 0.647. The molecule has 3 unspecified atom stereocenters. The molecule has 3 atom stereocenters. The van der Waals surface area contributed by atoms with Gasteiger partial charge >= 0.3 is 0 Å². The van der Waals surface area contributed by atoms with Crippen molar-refractivity contribution in [3.63, 3.8) is 0 Å². The first-order valence-electron chi connectivity index (χ1n) is 7.63. The maximum Gasteiger partial charge on any atom is 0.0993 e. The number of nitrogens with zero attached hydrogens (tertiary/aromatic N) is 2. The van der Waals surface area contributed by atoms with Crippen molar-refractivity contribution < 1.29 is 0 Å². The van der Waals surface area contributed by atoms with Crippen LogP contribution in [0.3, 0.4) is 0 Å². The monoisotopic (exact) mass is 246 g/mol. The molecule has 2 nitrogen and oxygen atoms in total. The average Bonchev–Trinajstić information content (AvgIpc) is 2.68. The first kappa shape index (κ1) is 14.0. The molecule has 2 fully saturated rings. The summed E-state index contributed by atoms with van der Waals surface area (Å²) in [4.78, 5) is 7.10. The van der Waals surface area contributed by atoms with E-state index in [1.54, 1.807) is 0 Å². The van der Waals surface area contributed by atoms with Crippen molar-refractivity contribution >= 4 is 13.7 Å². The minimum Gasteiger partial charge on any atom is -0.355 e. The predicted molar refractivity (Wildman–Crippen MR) is 79.4 cm³/mol. The van der Waals surface area contributed by atoms with Crippen LogP contribution in [-0.4, -0.2) is 37.7 Å². The van der Waals surface area contributed by atoms with Crippen molar-refractivity contribution in [3.05, 3.63) is 0 Å². The zero-order chi connectivity index (χ0) is 13.1. The van der Waals surface area contributed by atoms with Gasteiger partial charge in [-0.05, 0) is 26.2 Å². The molecular weight excluding hydrogens is 219 g/mol. The van der Waals surface area contributed by atoms with Crippen LogP contribution in [0.25, 0.3) is 0 Å². The number of hydrogen-bond acceptors (Lipinski definition) is 1. The van der Waals surface area contributed by atoms with Gasteiger partial charge in [-0.3, -0.25) is 4.99 Å². The lowest BCUT2D eigenvalue weighted by molar-refractivity contribution is 0.216. The van der Waals surface area contributed by atoms with Crippen LogP contribution in [0.15, 0.2) is 4.99 Å². The van der Waals surface area contributed by atoms with Gasteiger partial charge in [-0.1, -0.05) is 37.9 Å². The van der Waals surface area contributed by atoms with Crippen molar-refractivity contribution in [3.8, 4) is 0 Å². The summed E-state index contributed by atoms with van der Waals surface area (Å²) in [5.41, 5.74) is 0. The molecule has 0 spiro atoms. The Morgan fingerprint density at radius 3 is 2.61 bits per heavy atom. The van der Waals surface area contributed by atoms with Crippen molar-refractivity contribution in [1.29, 1.82) is 0 Å². The Labute approximate surface area is 114 Å². The Kier molecular flexibility index (Phi) is 4.74. The summed E-state index contributed by atoms with van der Waals surface area (Å²) >= 11 is 0. The van der Waals surface area contributed by atoms with Crippen LogP contribution in [0, 0.1) is 5.92 Å². The van der Waals surface area contributed by atoms with E-state index in [1.807, 2.05) is 7.05 Å². The van der Waals surface area contributed by atoms with Crippen molar-refractivity contribution in [2.24, 2.45) is 10.9 Å². The van der Waals surface area contributed by atoms with E-state index in [-0.39, 0.29) is 0 Å². The number of fused-ring (bicyclic) bond motifs is 1. The Morgan fingerprint density at radius 1 is 1.22 bits per heavy atom. The molecule has 2 aliphatic rings. The van der Waals surface area contributed by atoms with E-state index in [0.29, 0.717) is 17.9 Å². The van der Waals surface area contributed by atoms with E-state index in [1.165, 1.54) is 44.4 Å². The third kappa shape index (κ3) is 2.92. The average molecular weight is 246 g/mol. The van der Waals surface area contributed by atoms with Crippen LogP contribution < -0.4 is 0 Å². The summed E-state index contributed by atoms with van der Waals surface area (Å²) in [5.74, 6) is 2.45. The molecule has 0 aromatic heterocycles. The molecule has 1 saturated carbocycles. The summed E-state index contributed by atoms with van der Waals surface area (Å²) < 4.78 is 0. The maximum atomic E-state index is 6.28. The topological polar surface area (TPSA) is 15.6 Å². The van der Waals surface area contributed by atoms with Crippen molar-refractivity contribution in [1.82, 2.24) is 4.90 Å². The second kappa shape index (κ2) is 6.12. The summed E-state index contributed by atoms with van der Waals surface area (Å²) in [6.45, 7) is 4.58. The van der Waals surface area contributed by atoms with E-state index < -0.39 is 0 Å². The third-order valence-corrected chi connectivity index (χ3v) is 4.64. The van der Waals surface area contributed by atoms with Gasteiger partial charge in [0.1, 0.15) is 0 Å². The van der Waals surface area contributed by atoms with Crippen molar-refractivity contribution in [2.75, 3.05) is 7.05 Å². The molecule has 0 aromatic rings. The van der Waals surface area contributed by atoms with Gasteiger partial charge < -0.3 is 4.90 Å². The van der Waals surface area contributed by atoms with Gasteiger partial charge in [0.15, 0.2) is 0 Å². The molecule has 1 saturated heterocycles. The number of aliphatic imine (C=N–C) groups is 1. The molecule has 2 rings (SSSR count). The van der Waals surface area contributed by atoms with E-state index >= 15 is 0 Å². The maximum absolute atomic E-state index is 6.28. The Bertz CT molecular complexity index is 301. The predicted octanol–water partition coefficient (Wildman–Crippen LogP) is 3.42. The molecule has 2 radical (unpaired) electrons. The fourth-order valence-corrected chi connectivity index (χ4v) is 3.84. The Hall–Kier alpha value is -0.465. The second-order valence-corrected chi connectivity index (χ2v) is 6.31. The van der Waals surface area contributed by atoms with E-state index in [2.05, 4.69) is 23.7 Å². The van der Waals surface area contributed by atoms with Gasteiger partial charge in [0.2, 0.25) is 0 Å². The molecule has 0 aromatic carbocycles. The molecule has 3 heteroatoms. The third-order valence-electron chi connectivity index (χ3n) is 4.64.